The zero-order valence-electron chi connectivity index (χ0n) is 16.2. The van der Waals surface area contributed by atoms with E-state index in [9.17, 15) is 0 Å². The first-order valence-corrected chi connectivity index (χ1v) is 8.70. The van der Waals surface area contributed by atoms with Crippen molar-refractivity contribution < 1.29 is 0 Å². The van der Waals surface area contributed by atoms with Crippen molar-refractivity contribution in [2.75, 3.05) is 21.1 Å². The van der Waals surface area contributed by atoms with Crippen LogP contribution in [0.2, 0.25) is 0 Å². The highest BCUT2D eigenvalue weighted by molar-refractivity contribution is 5.86. The van der Waals surface area contributed by atoms with Crippen molar-refractivity contribution in [1.29, 1.82) is 0 Å². The predicted molar refractivity (Wildman–Crippen MR) is 112 cm³/mol. The van der Waals surface area contributed by atoms with Gasteiger partial charge in [-0.15, -0.1) is 0 Å². The normalized spacial score (nSPS) is 9.75. The molecule has 0 amide bonds. The molecule has 0 saturated carbocycles. The molecular formula is C21H37N3. The van der Waals surface area contributed by atoms with E-state index >= 15 is 0 Å². The van der Waals surface area contributed by atoms with Gasteiger partial charge in [0, 0.05) is 0 Å². The highest BCUT2D eigenvalue weighted by Gasteiger charge is 1.97. The first-order chi connectivity index (χ1) is 11.8. The van der Waals surface area contributed by atoms with Crippen molar-refractivity contribution in [2.24, 2.45) is 17.2 Å². The van der Waals surface area contributed by atoms with E-state index in [0.29, 0.717) is 0 Å². The molecule has 0 unspecified atom stereocenters. The van der Waals surface area contributed by atoms with Gasteiger partial charge in [0.1, 0.15) is 0 Å². The van der Waals surface area contributed by atoms with Crippen LogP contribution in [0.1, 0.15) is 45.1 Å². The van der Waals surface area contributed by atoms with Crippen LogP contribution in [0.5, 0.6) is 0 Å². The molecule has 0 bridgehead atoms. The molecule has 0 aromatic heterocycles. The second-order valence-corrected chi connectivity index (χ2v) is 4.94. The van der Waals surface area contributed by atoms with Gasteiger partial charge in [-0.2, -0.15) is 0 Å². The van der Waals surface area contributed by atoms with Gasteiger partial charge in [0.15, 0.2) is 0 Å². The van der Waals surface area contributed by atoms with Gasteiger partial charge in [0.25, 0.3) is 0 Å². The molecule has 0 heterocycles. The minimum absolute atomic E-state index is 1.20. The summed E-state index contributed by atoms with van der Waals surface area (Å²) < 4.78 is 0. The lowest BCUT2D eigenvalue weighted by Gasteiger charge is -2.04. The van der Waals surface area contributed by atoms with Crippen molar-refractivity contribution >= 4 is 16.3 Å². The molecule has 3 heteroatoms. The Morgan fingerprint density at radius 2 is 1.42 bits per heavy atom. The molecule has 0 aliphatic rings. The van der Waals surface area contributed by atoms with E-state index in [1.165, 1.54) is 68.7 Å². The van der Waals surface area contributed by atoms with Crippen molar-refractivity contribution in [3.05, 3.63) is 54.1 Å². The van der Waals surface area contributed by atoms with Gasteiger partial charge >= 0.3 is 0 Å². The maximum absolute atomic E-state index is 4.50. The lowest BCUT2D eigenvalue weighted by molar-refractivity contribution is 0.729. The summed E-state index contributed by atoms with van der Waals surface area (Å²) in [5.41, 5.74) is 16.3. The van der Waals surface area contributed by atoms with E-state index in [1.54, 1.807) is 0 Å². The molecule has 0 spiro atoms. The second kappa shape index (κ2) is 17.7. The SMILES string of the molecule is CCCCCC=C(C)c1ccc2ccccc2c1.CN.CN.CN. The van der Waals surface area contributed by atoms with Gasteiger partial charge < -0.3 is 17.2 Å². The van der Waals surface area contributed by atoms with Crippen molar-refractivity contribution in [3.63, 3.8) is 0 Å². The molecule has 0 fully saturated rings. The molecule has 0 radical (unpaired) electrons. The van der Waals surface area contributed by atoms with Crippen LogP contribution in [-0.4, -0.2) is 21.1 Å². The van der Waals surface area contributed by atoms with Crippen LogP contribution >= 0.6 is 0 Å². The molecule has 6 N–H and O–H groups in total. The Bertz CT molecular complexity index is 548. The van der Waals surface area contributed by atoms with Crippen molar-refractivity contribution in [1.82, 2.24) is 0 Å². The predicted octanol–water partition coefficient (Wildman–Crippen LogP) is 4.55. The largest absolute Gasteiger partial charge is 0.333 e. The highest BCUT2D eigenvalue weighted by Crippen LogP contribution is 2.21. The van der Waals surface area contributed by atoms with Gasteiger partial charge in [-0.3, -0.25) is 0 Å². The summed E-state index contributed by atoms with van der Waals surface area (Å²) in [6.45, 7) is 4.47. The van der Waals surface area contributed by atoms with E-state index in [0.717, 1.165) is 0 Å². The van der Waals surface area contributed by atoms with E-state index < -0.39 is 0 Å². The Morgan fingerprint density at radius 3 is 2.00 bits per heavy atom. The first-order valence-electron chi connectivity index (χ1n) is 8.70. The minimum Gasteiger partial charge on any atom is -0.333 e. The van der Waals surface area contributed by atoms with Crippen LogP contribution in [0.15, 0.2) is 48.5 Å². The zero-order chi connectivity index (χ0) is 18.8. The second-order valence-electron chi connectivity index (χ2n) is 4.94. The van der Waals surface area contributed by atoms with Crippen LogP contribution in [0.25, 0.3) is 16.3 Å². The van der Waals surface area contributed by atoms with Crippen molar-refractivity contribution in [3.8, 4) is 0 Å². The summed E-state index contributed by atoms with van der Waals surface area (Å²) in [6, 6.07) is 15.3. The minimum atomic E-state index is 1.20. The number of hydrogen-bond donors (Lipinski definition) is 3. The summed E-state index contributed by atoms with van der Waals surface area (Å²) in [4.78, 5) is 0. The molecule has 0 aliphatic carbocycles. The van der Waals surface area contributed by atoms with E-state index in [-0.39, 0.29) is 0 Å². The smallest absolute Gasteiger partial charge is 0.0178 e. The summed E-state index contributed by atoms with van der Waals surface area (Å²) in [6.07, 6.45) is 7.51. The maximum Gasteiger partial charge on any atom is -0.0178 e. The molecule has 2 aromatic carbocycles. The molecular weight excluding hydrogens is 294 g/mol. The summed E-state index contributed by atoms with van der Waals surface area (Å²) in [5, 5.41) is 2.65. The third kappa shape index (κ3) is 9.46. The Morgan fingerprint density at radius 1 is 0.833 bits per heavy atom. The van der Waals surface area contributed by atoms with Gasteiger partial charge in [0.2, 0.25) is 0 Å². The van der Waals surface area contributed by atoms with Crippen LogP contribution in [0.3, 0.4) is 0 Å². The first kappa shape index (κ1) is 24.6. The van der Waals surface area contributed by atoms with E-state index in [1.807, 2.05) is 0 Å². The number of unbranched alkanes of at least 4 members (excludes halogenated alkanes) is 3. The number of nitrogens with two attached hydrogens (primary N) is 3. The number of hydrogen-bond acceptors (Lipinski definition) is 3. The van der Waals surface area contributed by atoms with Crippen LogP contribution in [0, 0.1) is 0 Å². The molecule has 2 aromatic rings. The molecule has 3 nitrogen and oxygen atoms in total. The topological polar surface area (TPSA) is 78.1 Å². The van der Waals surface area contributed by atoms with E-state index in [4.69, 9.17) is 0 Å². The number of benzene rings is 2. The van der Waals surface area contributed by atoms with Crippen LogP contribution in [0.4, 0.5) is 0 Å². The Kier molecular flexibility index (Phi) is 18.1. The number of allylic oxidation sites excluding steroid dienone is 2. The molecule has 0 saturated heterocycles. The lowest BCUT2D eigenvalue weighted by Crippen LogP contribution is -1.81. The third-order valence-electron chi connectivity index (χ3n) is 3.46. The number of rotatable bonds is 5. The molecule has 0 atom stereocenters. The van der Waals surface area contributed by atoms with E-state index in [2.05, 4.69) is 79.6 Å². The Hall–Kier alpha value is -1.68. The monoisotopic (exact) mass is 331 g/mol. The Labute approximate surface area is 148 Å². The van der Waals surface area contributed by atoms with Gasteiger partial charge in [-0.05, 0) is 68.9 Å². The fourth-order valence-electron chi connectivity index (χ4n) is 2.27. The molecule has 136 valence electrons. The Balaban J connectivity index is 0. The summed E-state index contributed by atoms with van der Waals surface area (Å²) >= 11 is 0. The van der Waals surface area contributed by atoms with Gasteiger partial charge in [-0.1, -0.05) is 62.2 Å². The number of fused-ring (bicyclic) bond motifs is 1. The highest BCUT2D eigenvalue weighted by atomic mass is 14.4. The van der Waals surface area contributed by atoms with Crippen LogP contribution in [-0.2, 0) is 0 Å². The molecule has 2 rings (SSSR count). The lowest BCUT2D eigenvalue weighted by atomic mass is 10.0. The molecule has 24 heavy (non-hydrogen) atoms. The van der Waals surface area contributed by atoms with Crippen LogP contribution < -0.4 is 17.2 Å². The van der Waals surface area contributed by atoms with Crippen molar-refractivity contribution in [2.45, 2.75) is 39.5 Å². The standard InChI is InChI=1S/C18H22.3CH5N/c1-3-4-5-6-9-15(2)17-13-12-16-10-7-8-11-18(16)14-17;3*1-2/h7-14H,3-6H2,1-2H3;3*2H2,1H3. The average molecular weight is 332 g/mol. The average Bonchev–Trinajstić information content (AvgIpc) is 2.69. The zero-order valence-corrected chi connectivity index (χ0v) is 16.2. The summed E-state index contributed by atoms with van der Waals surface area (Å²) in [7, 11) is 4.50. The molecule has 0 aliphatic heterocycles. The maximum atomic E-state index is 4.50. The summed E-state index contributed by atoms with van der Waals surface area (Å²) in [5.74, 6) is 0. The third-order valence-corrected chi connectivity index (χ3v) is 3.46. The quantitative estimate of drug-likeness (QED) is 0.703. The fraction of sp³-hybridized carbons (Fsp3) is 0.429. The van der Waals surface area contributed by atoms with Gasteiger partial charge in [0.05, 0.1) is 0 Å². The van der Waals surface area contributed by atoms with Gasteiger partial charge in [-0.25, -0.2) is 0 Å². The fourth-order valence-corrected chi connectivity index (χ4v) is 2.27.